The van der Waals surface area contributed by atoms with E-state index in [1.165, 1.54) is 19.3 Å². The molecule has 0 unspecified atom stereocenters. The van der Waals surface area contributed by atoms with E-state index < -0.39 is 0 Å². The summed E-state index contributed by atoms with van der Waals surface area (Å²) in [5, 5.41) is 0. The highest BCUT2D eigenvalue weighted by Gasteiger charge is 2.38. The van der Waals surface area contributed by atoms with Gasteiger partial charge in [0.15, 0.2) is 11.5 Å². The number of amides is 1. The summed E-state index contributed by atoms with van der Waals surface area (Å²) in [4.78, 5) is 15.4. The molecular formula is C19H26BrNO3. The lowest BCUT2D eigenvalue weighted by Gasteiger charge is -2.35. The second kappa shape index (κ2) is 7.77. The van der Waals surface area contributed by atoms with Crippen LogP contribution in [0.2, 0.25) is 0 Å². The predicted octanol–water partition coefficient (Wildman–Crippen LogP) is 4.79. The Morgan fingerprint density at radius 3 is 2.42 bits per heavy atom. The first kappa shape index (κ1) is 17.6. The highest BCUT2D eigenvalue weighted by molar-refractivity contribution is 9.10. The summed E-state index contributed by atoms with van der Waals surface area (Å²) in [6.07, 6.45) is 8.31. The van der Waals surface area contributed by atoms with E-state index in [9.17, 15) is 4.79 Å². The van der Waals surface area contributed by atoms with E-state index in [0.717, 1.165) is 30.2 Å². The molecule has 0 atom stereocenters. The summed E-state index contributed by atoms with van der Waals surface area (Å²) in [5.41, 5.74) is 0.680. The average molecular weight is 396 g/mol. The number of hydrogen-bond donors (Lipinski definition) is 0. The molecule has 2 fully saturated rings. The third-order valence-electron chi connectivity index (χ3n) is 4.91. The van der Waals surface area contributed by atoms with Crippen molar-refractivity contribution in [1.82, 2.24) is 4.90 Å². The number of hydrogen-bond acceptors (Lipinski definition) is 3. The fourth-order valence-electron chi connectivity index (χ4n) is 3.62. The van der Waals surface area contributed by atoms with Gasteiger partial charge in [0.05, 0.1) is 18.2 Å². The van der Waals surface area contributed by atoms with Crippen LogP contribution in [-0.4, -0.2) is 36.6 Å². The molecule has 0 heterocycles. The molecule has 5 heteroatoms. The van der Waals surface area contributed by atoms with Crippen LogP contribution in [0.25, 0.3) is 0 Å². The van der Waals surface area contributed by atoms with Gasteiger partial charge in [0.25, 0.3) is 5.91 Å². The van der Waals surface area contributed by atoms with Crippen molar-refractivity contribution in [2.24, 2.45) is 0 Å². The maximum Gasteiger partial charge on any atom is 0.254 e. The molecule has 1 amide bonds. The Bertz CT molecular complexity index is 595. The lowest BCUT2D eigenvalue weighted by atomic mass is 9.93. The maximum atomic E-state index is 13.2. The largest absolute Gasteiger partial charge is 0.493 e. The first-order chi connectivity index (χ1) is 11.7. The molecule has 24 heavy (non-hydrogen) atoms. The van der Waals surface area contributed by atoms with Crippen molar-refractivity contribution in [2.45, 2.75) is 64.0 Å². The molecule has 1 aromatic carbocycles. The van der Waals surface area contributed by atoms with Gasteiger partial charge in [-0.25, -0.2) is 0 Å². The zero-order chi connectivity index (χ0) is 17.1. The highest BCUT2D eigenvalue weighted by atomic mass is 79.9. The lowest BCUT2D eigenvalue weighted by Crippen LogP contribution is -2.43. The van der Waals surface area contributed by atoms with Crippen LogP contribution in [0.3, 0.4) is 0 Å². The fourth-order valence-corrected chi connectivity index (χ4v) is 4.17. The number of nitrogens with zero attached hydrogens (tertiary/aromatic N) is 1. The fraction of sp³-hybridized carbons (Fsp3) is 0.632. The van der Waals surface area contributed by atoms with Gasteiger partial charge >= 0.3 is 0 Å². The van der Waals surface area contributed by atoms with Crippen LogP contribution < -0.4 is 9.47 Å². The first-order valence-electron chi connectivity index (χ1n) is 8.98. The smallest absolute Gasteiger partial charge is 0.254 e. The van der Waals surface area contributed by atoms with Crippen molar-refractivity contribution in [3.05, 3.63) is 22.2 Å². The van der Waals surface area contributed by atoms with E-state index in [4.69, 9.17) is 9.47 Å². The van der Waals surface area contributed by atoms with Crippen molar-refractivity contribution >= 4 is 21.8 Å². The molecule has 0 aliphatic heterocycles. The Morgan fingerprint density at radius 2 is 1.83 bits per heavy atom. The van der Waals surface area contributed by atoms with E-state index in [1.807, 2.05) is 19.1 Å². The minimum absolute atomic E-state index is 0.131. The molecule has 2 aliphatic rings. The highest BCUT2D eigenvalue weighted by Crippen LogP contribution is 2.39. The minimum Gasteiger partial charge on any atom is -0.493 e. The van der Waals surface area contributed by atoms with Gasteiger partial charge in [0, 0.05) is 17.6 Å². The zero-order valence-corrected chi connectivity index (χ0v) is 16.1. The lowest BCUT2D eigenvalue weighted by molar-refractivity contribution is 0.0613. The Hall–Kier alpha value is -1.23. The van der Waals surface area contributed by atoms with Crippen molar-refractivity contribution < 1.29 is 14.3 Å². The summed E-state index contributed by atoms with van der Waals surface area (Å²) in [6.45, 7) is 2.49. The number of methoxy groups -OCH3 is 1. The van der Waals surface area contributed by atoms with Crippen LogP contribution in [0, 0.1) is 0 Å². The van der Waals surface area contributed by atoms with Gasteiger partial charge in [-0.05, 0) is 60.7 Å². The van der Waals surface area contributed by atoms with E-state index in [1.54, 1.807) is 7.11 Å². The molecule has 3 rings (SSSR count). The van der Waals surface area contributed by atoms with Crippen LogP contribution in [0.4, 0.5) is 0 Å². The second-order valence-electron chi connectivity index (χ2n) is 6.66. The van der Waals surface area contributed by atoms with E-state index >= 15 is 0 Å². The molecule has 0 saturated heterocycles. The average Bonchev–Trinajstić information content (AvgIpc) is 3.42. The van der Waals surface area contributed by atoms with Gasteiger partial charge in [0.1, 0.15) is 0 Å². The number of carbonyl (C=O) groups excluding carboxylic acids is 1. The third kappa shape index (κ3) is 3.71. The number of rotatable bonds is 6. The number of ether oxygens (including phenoxy) is 2. The number of benzene rings is 1. The van der Waals surface area contributed by atoms with Crippen molar-refractivity contribution in [3.8, 4) is 11.5 Å². The molecule has 132 valence electrons. The van der Waals surface area contributed by atoms with Gasteiger partial charge in [0.2, 0.25) is 0 Å². The maximum absolute atomic E-state index is 13.2. The van der Waals surface area contributed by atoms with Gasteiger partial charge in [-0.1, -0.05) is 19.3 Å². The summed E-state index contributed by atoms with van der Waals surface area (Å²) in [6, 6.07) is 4.51. The molecular weight excluding hydrogens is 370 g/mol. The van der Waals surface area contributed by atoms with Crippen LogP contribution in [0.1, 0.15) is 62.2 Å². The van der Waals surface area contributed by atoms with E-state index in [0.29, 0.717) is 35.8 Å². The molecule has 0 bridgehead atoms. The van der Waals surface area contributed by atoms with Gasteiger partial charge in [-0.15, -0.1) is 0 Å². The van der Waals surface area contributed by atoms with E-state index in [2.05, 4.69) is 20.8 Å². The molecule has 2 aliphatic carbocycles. The van der Waals surface area contributed by atoms with Crippen LogP contribution in [0.5, 0.6) is 11.5 Å². The first-order valence-corrected chi connectivity index (χ1v) is 9.78. The second-order valence-corrected chi connectivity index (χ2v) is 7.51. The van der Waals surface area contributed by atoms with Crippen molar-refractivity contribution in [2.75, 3.05) is 13.7 Å². The summed E-state index contributed by atoms with van der Waals surface area (Å²) < 4.78 is 11.8. The summed E-state index contributed by atoms with van der Waals surface area (Å²) >= 11 is 3.53. The Balaban J connectivity index is 1.88. The number of halogens is 1. The third-order valence-corrected chi connectivity index (χ3v) is 5.50. The minimum atomic E-state index is 0.131. The SMILES string of the molecule is CCOc1c(Br)cc(C(=O)N(C2CCCCC2)C2CC2)cc1OC. The molecule has 0 spiro atoms. The molecule has 0 aromatic heterocycles. The molecule has 0 N–H and O–H groups in total. The Labute approximate surface area is 152 Å². The normalized spacial score (nSPS) is 18.3. The molecule has 1 aromatic rings. The van der Waals surface area contributed by atoms with Crippen LogP contribution in [-0.2, 0) is 0 Å². The molecule has 4 nitrogen and oxygen atoms in total. The quantitative estimate of drug-likeness (QED) is 0.694. The van der Waals surface area contributed by atoms with Crippen LogP contribution >= 0.6 is 15.9 Å². The van der Waals surface area contributed by atoms with E-state index in [-0.39, 0.29) is 5.91 Å². The number of carbonyl (C=O) groups is 1. The van der Waals surface area contributed by atoms with Gasteiger partial charge in [-0.3, -0.25) is 4.79 Å². The monoisotopic (exact) mass is 395 g/mol. The molecule has 0 radical (unpaired) electrons. The predicted molar refractivity (Wildman–Crippen MR) is 97.9 cm³/mol. The van der Waals surface area contributed by atoms with Crippen molar-refractivity contribution in [1.29, 1.82) is 0 Å². The Morgan fingerprint density at radius 1 is 1.17 bits per heavy atom. The zero-order valence-electron chi connectivity index (χ0n) is 14.5. The molecule has 2 saturated carbocycles. The van der Waals surface area contributed by atoms with Gasteiger partial charge < -0.3 is 14.4 Å². The van der Waals surface area contributed by atoms with Crippen molar-refractivity contribution in [3.63, 3.8) is 0 Å². The van der Waals surface area contributed by atoms with Gasteiger partial charge in [-0.2, -0.15) is 0 Å². The standard InChI is InChI=1S/C19H26BrNO3/c1-3-24-18-16(20)11-13(12-17(18)23-2)19(22)21(15-9-10-15)14-7-5-4-6-8-14/h11-12,14-15H,3-10H2,1-2H3. The topological polar surface area (TPSA) is 38.8 Å². The Kier molecular flexibility index (Phi) is 5.69. The summed E-state index contributed by atoms with van der Waals surface area (Å²) in [5.74, 6) is 1.40. The van der Waals surface area contributed by atoms with Crippen LogP contribution in [0.15, 0.2) is 16.6 Å². The summed E-state index contributed by atoms with van der Waals surface area (Å²) in [7, 11) is 1.61.